The van der Waals surface area contributed by atoms with Crippen molar-refractivity contribution in [1.82, 2.24) is 5.32 Å². The number of aryl methyl sites for hydroxylation is 2. The zero-order chi connectivity index (χ0) is 18.7. The minimum atomic E-state index is -0.285. The van der Waals surface area contributed by atoms with Crippen molar-refractivity contribution in [3.63, 3.8) is 0 Å². The van der Waals surface area contributed by atoms with Gasteiger partial charge in [0.25, 0.3) is 0 Å². The molecule has 4 heteroatoms. The molecule has 0 fully saturated rings. The Hall–Kier alpha value is -1.94. The third kappa shape index (κ3) is 4.61. The minimum Gasteiger partial charge on any atom is -0.487 e. The quantitative estimate of drug-likeness (QED) is 0.810. The number of rotatable bonds is 5. The predicted molar refractivity (Wildman–Crippen MR) is 109 cm³/mol. The summed E-state index contributed by atoms with van der Waals surface area (Å²) >= 11 is 1.66. The van der Waals surface area contributed by atoms with Crippen LogP contribution in [0.15, 0.2) is 42.5 Å². The van der Waals surface area contributed by atoms with Gasteiger partial charge in [0.15, 0.2) is 0 Å². The highest BCUT2D eigenvalue weighted by molar-refractivity contribution is 7.99. The Morgan fingerprint density at radius 2 is 2.00 bits per heavy atom. The lowest BCUT2D eigenvalue weighted by atomic mass is 9.89. The number of benzene rings is 2. The van der Waals surface area contributed by atoms with Gasteiger partial charge < -0.3 is 10.1 Å². The van der Waals surface area contributed by atoms with E-state index < -0.39 is 0 Å². The summed E-state index contributed by atoms with van der Waals surface area (Å²) in [7, 11) is 0. The molecule has 0 unspecified atom stereocenters. The van der Waals surface area contributed by atoms with Gasteiger partial charge in [-0.3, -0.25) is 4.79 Å². The van der Waals surface area contributed by atoms with Gasteiger partial charge in [0.2, 0.25) is 5.91 Å². The van der Waals surface area contributed by atoms with Gasteiger partial charge in [-0.05, 0) is 50.5 Å². The van der Waals surface area contributed by atoms with Gasteiger partial charge in [-0.15, -0.1) is 11.8 Å². The van der Waals surface area contributed by atoms with Gasteiger partial charge >= 0.3 is 0 Å². The largest absolute Gasteiger partial charge is 0.487 e. The Morgan fingerprint density at radius 3 is 2.77 bits per heavy atom. The van der Waals surface area contributed by atoms with E-state index in [1.807, 2.05) is 12.1 Å². The second-order valence-corrected chi connectivity index (χ2v) is 8.63. The summed E-state index contributed by atoms with van der Waals surface area (Å²) in [5.74, 6) is 2.29. The highest BCUT2D eigenvalue weighted by Crippen LogP contribution is 2.39. The number of hydrogen-bond acceptors (Lipinski definition) is 3. The summed E-state index contributed by atoms with van der Waals surface area (Å²) in [6.07, 6.45) is 0.775. The summed E-state index contributed by atoms with van der Waals surface area (Å²) in [6.45, 7) is 8.31. The van der Waals surface area contributed by atoms with Crippen LogP contribution in [0.2, 0.25) is 0 Å². The second-order valence-electron chi connectivity index (χ2n) is 7.65. The van der Waals surface area contributed by atoms with E-state index in [4.69, 9.17) is 4.74 Å². The number of amides is 1. The first-order chi connectivity index (χ1) is 12.3. The summed E-state index contributed by atoms with van der Waals surface area (Å²) in [6, 6.07) is 14.5. The third-order valence-electron chi connectivity index (χ3n) is 4.71. The maximum Gasteiger partial charge on any atom is 0.230 e. The lowest BCUT2D eigenvalue weighted by Gasteiger charge is -2.38. The molecule has 1 aliphatic rings. The van der Waals surface area contributed by atoms with E-state index in [1.165, 1.54) is 16.7 Å². The predicted octanol–water partition coefficient (Wildman–Crippen LogP) is 4.96. The molecule has 0 bridgehead atoms. The Morgan fingerprint density at radius 1 is 1.23 bits per heavy atom. The van der Waals surface area contributed by atoms with Crippen molar-refractivity contribution in [2.45, 2.75) is 51.5 Å². The van der Waals surface area contributed by atoms with Crippen molar-refractivity contribution in [2.75, 3.05) is 5.75 Å². The summed E-state index contributed by atoms with van der Waals surface area (Å²) in [4.78, 5) is 12.5. The molecule has 1 N–H and O–H groups in total. The molecular weight excluding hydrogens is 342 g/mol. The first kappa shape index (κ1) is 18.8. The van der Waals surface area contributed by atoms with Crippen molar-refractivity contribution in [3.05, 3.63) is 64.7 Å². The Balaban J connectivity index is 1.61. The number of carbonyl (C=O) groups excluding carboxylic acids is 1. The van der Waals surface area contributed by atoms with Gasteiger partial charge in [0.05, 0.1) is 11.8 Å². The zero-order valence-electron chi connectivity index (χ0n) is 16.0. The number of carbonyl (C=O) groups is 1. The second kappa shape index (κ2) is 7.75. The fourth-order valence-corrected chi connectivity index (χ4v) is 4.26. The van der Waals surface area contributed by atoms with Crippen molar-refractivity contribution < 1.29 is 9.53 Å². The van der Waals surface area contributed by atoms with Gasteiger partial charge in [0, 0.05) is 17.7 Å². The van der Waals surface area contributed by atoms with E-state index in [-0.39, 0.29) is 17.6 Å². The number of nitrogens with one attached hydrogen (secondary N) is 1. The van der Waals surface area contributed by atoms with Gasteiger partial charge in [-0.2, -0.15) is 0 Å². The van der Waals surface area contributed by atoms with Crippen LogP contribution in [0.1, 0.15) is 48.6 Å². The lowest BCUT2D eigenvalue weighted by molar-refractivity contribution is -0.119. The molecular formula is C22H27NO2S. The number of ether oxygens (including phenoxy) is 1. The minimum absolute atomic E-state index is 0.000844. The fourth-order valence-electron chi connectivity index (χ4n) is 3.35. The molecule has 1 atom stereocenters. The number of hydrogen-bond donors (Lipinski definition) is 1. The molecule has 0 aromatic heterocycles. The Labute approximate surface area is 160 Å². The number of fused-ring (bicyclic) bond motifs is 1. The summed E-state index contributed by atoms with van der Waals surface area (Å²) in [5.41, 5.74) is 4.52. The molecule has 0 saturated heterocycles. The molecule has 3 rings (SSSR count). The SMILES string of the molecule is Cc1ccc2c(c1)OC(C)(C)C[C@@H]2NC(=O)CSCc1ccccc1C. The molecule has 2 aromatic carbocycles. The van der Waals surface area contributed by atoms with Crippen LogP contribution in [0.25, 0.3) is 0 Å². The van der Waals surface area contributed by atoms with Gasteiger partial charge in [-0.25, -0.2) is 0 Å². The molecule has 2 aromatic rings. The van der Waals surface area contributed by atoms with E-state index in [0.29, 0.717) is 5.75 Å². The van der Waals surface area contributed by atoms with Gasteiger partial charge in [0.1, 0.15) is 11.4 Å². The van der Waals surface area contributed by atoms with E-state index in [9.17, 15) is 4.79 Å². The molecule has 1 amide bonds. The van der Waals surface area contributed by atoms with Crippen LogP contribution in [0, 0.1) is 13.8 Å². The molecule has 0 aliphatic carbocycles. The van der Waals surface area contributed by atoms with Crippen molar-refractivity contribution in [3.8, 4) is 5.75 Å². The fraction of sp³-hybridized carbons (Fsp3) is 0.409. The van der Waals surface area contributed by atoms with E-state index >= 15 is 0 Å². The number of thioether (sulfide) groups is 1. The molecule has 138 valence electrons. The first-order valence-corrected chi connectivity index (χ1v) is 10.2. The maximum absolute atomic E-state index is 12.5. The van der Waals surface area contributed by atoms with Crippen molar-refractivity contribution in [1.29, 1.82) is 0 Å². The average Bonchev–Trinajstić information content (AvgIpc) is 2.55. The molecule has 1 aliphatic heterocycles. The molecule has 26 heavy (non-hydrogen) atoms. The van der Waals surface area contributed by atoms with Crippen LogP contribution in [0.3, 0.4) is 0 Å². The Bertz CT molecular complexity index is 800. The first-order valence-electron chi connectivity index (χ1n) is 9.05. The third-order valence-corrected chi connectivity index (χ3v) is 5.70. The van der Waals surface area contributed by atoms with E-state index in [0.717, 1.165) is 23.5 Å². The normalized spacial score (nSPS) is 17.9. The maximum atomic E-state index is 12.5. The van der Waals surface area contributed by atoms with Crippen molar-refractivity contribution in [2.24, 2.45) is 0 Å². The smallest absolute Gasteiger partial charge is 0.230 e. The highest BCUT2D eigenvalue weighted by atomic mass is 32.2. The van der Waals surface area contributed by atoms with Crippen LogP contribution in [0.4, 0.5) is 0 Å². The van der Waals surface area contributed by atoms with Crippen molar-refractivity contribution >= 4 is 17.7 Å². The van der Waals surface area contributed by atoms with Crippen LogP contribution in [0.5, 0.6) is 5.75 Å². The topological polar surface area (TPSA) is 38.3 Å². The highest BCUT2D eigenvalue weighted by Gasteiger charge is 2.34. The van der Waals surface area contributed by atoms with E-state index in [2.05, 4.69) is 63.3 Å². The summed E-state index contributed by atoms with van der Waals surface area (Å²) < 4.78 is 6.11. The van der Waals surface area contributed by atoms with Crippen LogP contribution in [-0.2, 0) is 10.5 Å². The summed E-state index contributed by atoms with van der Waals surface area (Å²) in [5, 5.41) is 3.21. The van der Waals surface area contributed by atoms with Gasteiger partial charge in [-0.1, -0.05) is 36.4 Å². The molecule has 0 saturated carbocycles. The molecule has 3 nitrogen and oxygen atoms in total. The molecule has 0 radical (unpaired) electrons. The standard InChI is InChI=1S/C22H27NO2S/c1-15-9-10-18-19(12-22(3,4)25-20(18)11-15)23-21(24)14-26-13-17-8-6-5-7-16(17)2/h5-11,19H,12-14H2,1-4H3,(H,23,24)/t19-/m0/s1. The van der Waals surface area contributed by atoms with Crippen LogP contribution >= 0.6 is 11.8 Å². The molecule has 0 spiro atoms. The van der Waals surface area contributed by atoms with E-state index in [1.54, 1.807) is 11.8 Å². The Kier molecular flexibility index (Phi) is 5.61. The van der Waals surface area contributed by atoms with Crippen LogP contribution < -0.4 is 10.1 Å². The molecule has 1 heterocycles. The average molecular weight is 370 g/mol. The van der Waals surface area contributed by atoms with Crippen LogP contribution in [-0.4, -0.2) is 17.3 Å². The zero-order valence-corrected chi connectivity index (χ0v) is 16.8. The monoisotopic (exact) mass is 369 g/mol. The lowest BCUT2D eigenvalue weighted by Crippen LogP contribution is -2.41.